The smallest absolute Gasteiger partial charge is 0.0154 e. The molecule has 0 N–H and O–H groups in total. The molecule has 0 amide bonds. The second-order valence-corrected chi connectivity index (χ2v) is 13.7. The molecule has 0 spiro atoms. The SMILES string of the molecule is CCCCCCCCC(CC(C)CCC)SSC(CCCCCCCC)CC(C)CCC. The molecule has 0 nitrogen and oxygen atoms in total. The van der Waals surface area contributed by atoms with Crippen molar-refractivity contribution in [3.63, 3.8) is 0 Å². The van der Waals surface area contributed by atoms with E-state index in [1.165, 1.54) is 128 Å². The predicted octanol–water partition coefficient (Wildman–Crippen LogP) is 12.3. The highest BCUT2D eigenvalue weighted by Crippen LogP contribution is 2.41. The Labute approximate surface area is 213 Å². The molecule has 0 aromatic heterocycles. The third-order valence-corrected chi connectivity index (χ3v) is 10.5. The average Bonchev–Trinajstić information content (AvgIpc) is 2.76. The molecule has 4 unspecified atom stereocenters. The fourth-order valence-electron chi connectivity index (χ4n) is 4.99. The second-order valence-electron chi connectivity index (χ2n) is 10.8. The Balaban J connectivity index is 4.59. The third kappa shape index (κ3) is 21.2. The van der Waals surface area contributed by atoms with Gasteiger partial charge in [-0.15, -0.1) is 0 Å². The van der Waals surface area contributed by atoms with Gasteiger partial charge in [0.15, 0.2) is 0 Å². The molecule has 0 aliphatic carbocycles. The summed E-state index contributed by atoms with van der Waals surface area (Å²) in [6.45, 7) is 14.4. The van der Waals surface area contributed by atoms with Gasteiger partial charge in [0, 0.05) is 10.5 Å². The molecule has 0 bridgehead atoms. The summed E-state index contributed by atoms with van der Waals surface area (Å²) in [6, 6.07) is 0. The van der Waals surface area contributed by atoms with Gasteiger partial charge in [0.1, 0.15) is 0 Å². The zero-order valence-corrected chi connectivity index (χ0v) is 24.9. The first kappa shape index (κ1) is 32.7. The molecule has 0 aromatic carbocycles. The molecule has 0 heterocycles. The Hall–Kier alpha value is 0.700. The first-order valence-corrected chi connectivity index (χ1v) is 17.2. The van der Waals surface area contributed by atoms with Gasteiger partial charge in [0.05, 0.1) is 0 Å². The van der Waals surface area contributed by atoms with Crippen molar-refractivity contribution in [3.05, 3.63) is 0 Å². The van der Waals surface area contributed by atoms with Crippen LogP contribution in [0.25, 0.3) is 0 Å². The van der Waals surface area contributed by atoms with Gasteiger partial charge in [-0.2, -0.15) is 0 Å². The van der Waals surface area contributed by atoms with Crippen LogP contribution in [0.15, 0.2) is 0 Å². The van der Waals surface area contributed by atoms with Crippen LogP contribution in [0.1, 0.15) is 170 Å². The molecule has 0 aliphatic heterocycles. The zero-order chi connectivity index (χ0) is 23.9. The highest BCUT2D eigenvalue weighted by molar-refractivity contribution is 8.77. The lowest BCUT2D eigenvalue weighted by atomic mass is 9.97. The molecule has 194 valence electrons. The lowest BCUT2D eigenvalue weighted by Crippen LogP contribution is -2.12. The molecule has 0 saturated carbocycles. The molecule has 32 heavy (non-hydrogen) atoms. The standard InChI is InChI=1S/C30H62S2/c1-7-11-13-15-17-19-23-29(25-27(5)21-9-3)31-32-30(26-28(6)22-10-4)24-20-18-16-14-12-8-2/h27-30H,7-26H2,1-6H3. The summed E-state index contributed by atoms with van der Waals surface area (Å²) in [5, 5.41) is 1.75. The number of hydrogen-bond acceptors (Lipinski definition) is 2. The van der Waals surface area contributed by atoms with Gasteiger partial charge in [-0.05, 0) is 37.5 Å². The van der Waals surface area contributed by atoms with Crippen molar-refractivity contribution in [1.82, 2.24) is 0 Å². The summed E-state index contributed by atoms with van der Waals surface area (Å²) >= 11 is 0. The van der Waals surface area contributed by atoms with Crippen LogP contribution in [-0.4, -0.2) is 10.5 Å². The van der Waals surface area contributed by atoms with Crippen molar-refractivity contribution in [2.24, 2.45) is 11.8 Å². The Morgan fingerprint density at radius 3 is 1.09 bits per heavy atom. The van der Waals surface area contributed by atoms with Crippen LogP contribution >= 0.6 is 21.6 Å². The Kier molecular flexibility index (Phi) is 25.4. The normalized spacial score (nSPS) is 15.6. The van der Waals surface area contributed by atoms with Gasteiger partial charge in [-0.1, -0.05) is 166 Å². The van der Waals surface area contributed by atoms with Crippen LogP contribution < -0.4 is 0 Å². The van der Waals surface area contributed by atoms with Gasteiger partial charge in [-0.3, -0.25) is 0 Å². The van der Waals surface area contributed by atoms with Crippen molar-refractivity contribution in [3.8, 4) is 0 Å². The van der Waals surface area contributed by atoms with Crippen LogP contribution in [0.5, 0.6) is 0 Å². The minimum Gasteiger partial charge on any atom is -0.0904 e. The third-order valence-electron chi connectivity index (χ3n) is 6.98. The van der Waals surface area contributed by atoms with Gasteiger partial charge in [0.2, 0.25) is 0 Å². The summed E-state index contributed by atoms with van der Waals surface area (Å²) in [7, 11) is 4.60. The second kappa shape index (κ2) is 24.8. The lowest BCUT2D eigenvalue weighted by Gasteiger charge is -2.25. The number of rotatable bonds is 25. The van der Waals surface area contributed by atoms with Crippen molar-refractivity contribution < 1.29 is 0 Å². The molecular formula is C30H62S2. The molecule has 0 rings (SSSR count). The molecule has 0 fully saturated rings. The Bertz CT molecular complexity index is 323. The summed E-state index contributed by atoms with van der Waals surface area (Å²) in [5.41, 5.74) is 0. The first-order chi connectivity index (χ1) is 15.6. The van der Waals surface area contributed by atoms with E-state index in [1.54, 1.807) is 0 Å². The van der Waals surface area contributed by atoms with Crippen molar-refractivity contribution in [2.45, 2.75) is 180 Å². The van der Waals surface area contributed by atoms with E-state index < -0.39 is 0 Å². The minimum atomic E-state index is 0.876. The van der Waals surface area contributed by atoms with Crippen molar-refractivity contribution >= 4 is 21.6 Å². The maximum atomic E-state index is 2.50. The maximum Gasteiger partial charge on any atom is 0.0154 e. The molecule has 2 heteroatoms. The highest BCUT2D eigenvalue weighted by Gasteiger charge is 2.19. The molecular weight excluding hydrogens is 424 g/mol. The predicted molar refractivity (Wildman–Crippen MR) is 156 cm³/mol. The van der Waals surface area contributed by atoms with Crippen molar-refractivity contribution in [2.75, 3.05) is 0 Å². The van der Waals surface area contributed by atoms with E-state index in [1.807, 2.05) is 0 Å². The lowest BCUT2D eigenvalue weighted by molar-refractivity contribution is 0.457. The molecule has 0 radical (unpaired) electrons. The van der Waals surface area contributed by atoms with Crippen LogP contribution in [0, 0.1) is 11.8 Å². The van der Waals surface area contributed by atoms with E-state index in [2.05, 4.69) is 63.1 Å². The summed E-state index contributed by atoms with van der Waals surface area (Å²) in [4.78, 5) is 0. The van der Waals surface area contributed by atoms with Gasteiger partial charge < -0.3 is 0 Å². The van der Waals surface area contributed by atoms with Crippen LogP contribution in [0.3, 0.4) is 0 Å². The summed E-state index contributed by atoms with van der Waals surface area (Å²) < 4.78 is 0. The molecule has 0 aliphatic rings. The van der Waals surface area contributed by atoms with E-state index in [9.17, 15) is 0 Å². The van der Waals surface area contributed by atoms with Crippen LogP contribution in [0.4, 0.5) is 0 Å². The van der Waals surface area contributed by atoms with E-state index >= 15 is 0 Å². The Morgan fingerprint density at radius 2 is 0.750 bits per heavy atom. The Morgan fingerprint density at radius 1 is 0.406 bits per heavy atom. The van der Waals surface area contributed by atoms with Crippen molar-refractivity contribution in [1.29, 1.82) is 0 Å². The van der Waals surface area contributed by atoms with Gasteiger partial charge in [-0.25, -0.2) is 0 Å². The first-order valence-electron chi connectivity index (χ1n) is 14.9. The molecule has 4 atom stereocenters. The molecule has 0 aromatic rings. The topological polar surface area (TPSA) is 0 Å². The van der Waals surface area contributed by atoms with E-state index in [-0.39, 0.29) is 0 Å². The molecule has 0 saturated heterocycles. The van der Waals surface area contributed by atoms with E-state index in [0.717, 1.165) is 22.3 Å². The average molecular weight is 487 g/mol. The fourth-order valence-corrected chi connectivity index (χ4v) is 8.64. The summed E-state index contributed by atoms with van der Waals surface area (Å²) in [5.74, 6) is 1.79. The largest absolute Gasteiger partial charge is 0.0904 e. The van der Waals surface area contributed by atoms with Gasteiger partial charge >= 0.3 is 0 Å². The monoisotopic (exact) mass is 486 g/mol. The van der Waals surface area contributed by atoms with Crippen LogP contribution in [0.2, 0.25) is 0 Å². The number of unbranched alkanes of at least 4 members (excludes halogenated alkanes) is 10. The zero-order valence-electron chi connectivity index (χ0n) is 23.3. The minimum absolute atomic E-state index is 0.876. The number of hydrogen-bond donors (Lipinski definition) is 0. The highest BCUT2D eigenvalue weighted by atomic mass is 33.1. The van der Waals surface area contributed by atoms with E-state index in [0.29, 0.717) is 0 Å². The van der Waals surface area contributed by atoms with Gasteiger partial charge in [0.25, 0.3) is 0 Å². The summed E-state index contributed by atoms with van der Waals surface area (Å²) in [6.07, 6.45) is 28.5. The van der Waals surface area contributed by atoms with E-state index in [4.69, 9.17) is 0 Å². The quantitative estimate of drug-likeness (QED) is 0.0929. The fraction of sp³-hybridized carbons (Fsp3) is 1.00. The van der Waals surface area contributed by atoms with Crippen LogP contribution in [-0.2, 0) is 0 Å². The maximum absolute atomic E-state index is 2.50.